The average molecular weight is 267 g/mol. The van der Waals surface area contributed by atoms with Crippen molar-refractivity contribution in [3.05, 3.63) is 59.1 Å². The first kappa shape index (κ1) is 13.6. The maximum atomic E-state index is 12.3. The monoisotopic (exact) mass is 267 g/mol. The van der Waals surface area contributed by atoms with Crippen molar-refractivity contribution in [2.45, 2.75) is 6.92 Å². The Labute approximate surface area is 116 Å². The number of nitriles is 1. The summed E-state index contributed by atoms with van der Waals surface area (Å²) in [6.45, 7) is 1.69. The Hall–Kier alpha value is -2.80. The first-order valence-corrected chi connectivity index (χ1v) is 6.01. The van der Waals surface area contributed by atoms with E-state index in [1.165, 1.54) is 12.3 Å². The molecule has 0 saturated carbocycles. The summed E-state index contributed by atoms with van der Waals surface area (Å²) in [4.78, 5) is 12.3. The molecule has 2 rings (SSSR count). The third-order valence-electron chi connectivity index (χ3n) is 2.91. The molecule has 0 unspecified atom stereocenters. The summed E-state index contributed by atoms with van der Waals surface area (Å²) < 4.78 is 10.3. The normalized spacial score (nSPS) is 10.9. The Bertz CT molecular complexity index is 705. The fourth-order valence-electron chi connectivity index (χ4n) is 1.86. The molecule has 0 aliphatic rings. The van der Waals surface area contributed by atoms with E-state index in [2.05, 4.69) is 0 Å². The molecule has 4 heteroatoms. The lowest BCUT2D eigenvalue weighted by Crippen LogP contribution is -2.02. The molecule has 0 bridgehead atoms. The third kappa shape index (κ3) is 2.62. The van der Waals surface area contributed by atoms with Crippen LogP contribution >= 0.6 is 0 Å². The van der Waals surface area contributed by atoms with Crippen molar-refractivity contribution in [1.29, 1.82) is 5.26 Å². The molecule has 0 atom stereocenters. The van der Waals surface area contributed by atoms with Gasteiger partial charge >= 0.3 is 0 Å². The standard InChI is InChI=1S/C16H13NO3/c1-11-14(7-8-20-11)16(18)13(10-17)9-12-5-3-4-6-15(12)19-2/h3-9H,1-2H3/b13-9+. The Morgan fingerprint density at radius 1 is 1.35 bits per heavy atom. The maximum absolute atomic E-state index is 12.3. The van der Waals surface area contributed by atoms with Gasteiger partial charge in [0.1, 0.15) is 23.2 Å². The van der Waals surface area contributed by atoms with Gasteiger partial charge in [0.05, 0.1) is 18.9 Å². The lowest BCUT2D eigenvalue weighted by molar-refractivity contribution is 0.103. The summed E-state index contributed by atoms with van der Waals surface area (Å²) in [6, 6.07) is 10.7. The van der Waals surface area contributed by atoms with Gasteiger partial charge in [0.2, 0.25) is 5.78 Å². The number of hydrogen-bond acceptors (Lipinski definition) is 4. The first-order chi connectivity index (χ1) is 9.67. The molecule has 2 aromatic rings. The number of allylic oxidation sites excluding steroid dienone is 1. The highest BCUT2D eigenvalue weighted by Gasteiger charge is 2.17. The number of Topliss-reactive ketones (excluding diaryl/α,β-unsaturated/α-hetero) is 1. The van der Waals surface area contributed by atoms with Crippen LogP contribution in [-0.2, 0) is 0 Å². The van der Waals surface area contributed by atoms with Crippen molar-refractivity contribution < 1.29 is 13.9 Å². The largest absolute Gasteiger partial charge is 0.496 e. The van der Waals surface area contributed by atoms with Crippen LogP contribution in [0.15, 0.2) is 46.6 Å². The number of ketones is 1. The number of carbonyl (C=O) groups excluding carboxylic acids is 1. The highest BCUT2D eigenvalue weighted by atomic mass is 16.5. The minimum atomic E-state index is -0.357. The van der Waals surface area contributed by atoms with Gasteiger partial charge in [-0.2, -0.15) is 5.26 Å². The number of benzene rings is 1. The van der Waals surface area contributed by atoms with Crippen LogP contribution in [0, 0.1) is 18.3 Å². The lowest BCUT2D eigenvalue weighted by Gasteiger charge is -2.04. The van der Waals surface area contributed by atoms with Gasteiger partial charge in [0.15, 0.2) is 0 Å². The van der Waals surface area contributed by atoms with Crippen molar-refractivity contribution in [1.82, 2.24) is 0 Å². The van der Waals surface area contributed by atoms with E-state index in [0.29, 0.717) is 22.6 Å². The Kier molecular flexibility index (Phi) is 4.02. The van der Waals surface area contributed by atoms with Crippen LogP contribution in [0.5, 0.6) is 5.75 Å². The zero-order valence-electron chi connectivity index (χ0n) is 11.2. The lowest BCUT2D eigenvalue weighted by atomic mass is 10.0. The fraction of sp³-hybridized carbons (Fsp3) is 0.125. The predicted molar refractivity (Wildman–Crippen MR) is 74.4 cm³/mol. The molecule has 1 aromatic heterocycles. The summed E-state index contributed by atoms with van der Waals surface area (Å²) in [6.07, 6.45) is 2.95. The van der Waals surface area contributed by atoms with Crippen molar-refractivity contribution in [3.63, 3.8) is 0 Å². The van der Waals surface area contributed by atoms with Crippen LogP contribution < -0.4 is 4.74 Å². The van der Waals surface area contributed by atoms with Crippen LogP contribution in [0.4, 0.5) is 0 Å². The van der Waals surface area contributed by atoms with Gasteiger partial charge in [-0.15, -0.1) is 0 Å². The molecule has 20 heavy (non-hydrogen) atoms. The topological polar surface area (TPSA) is 63.2 Å². The van der Waals surface area contributed by atoms with Crippen molar-refractivity contribution >= 4 is 11.9 Å². The number of rotatable bonds is 4. The highest BCUT2D eigenvalue weighted by Crippen LogP contribution is 2.22. The molecular formula is C16H13NO3. The fourth-order valence-corrected chi connectivity index (χ4v) is 1.86. The van der Waals surface area contributed by atoms with Gasteiger partial charge in [-0.05, 0) is 25.1 Å². The van der Waals surface area contributed by atoms with Crippen LogP contribution in [0.3, 0.4) is 0 Å². The van der Waals surface area contributed by atoms with Crippen LogP contribution in [0.2, 0.25) is 0 Å². The zero-order valence-corrected chi connectivity index (χ0v) is 11.2. The number of ether oxygens (including phenoxy) is 1. The number of para-hydroxylation sites is 1. The summed E-state index contributed by atoms with van der Waals surface area (Å²) in [7, 11) is 1.54. The van der Waals surface area contributed by atoms with E-state index >= 15 is 0 Å². The summed E-state index contributed by atoms with van der Waals surface area (Å²) in [5, 5.41) is 9.20. The molecule has 100 valence electrons. The van der Waals surface area contributed by atoms with Crippen LogP contribution in [-0.4, -0.2) is 12.9 Å². The van der Waals surface area contributed by atoms with E-state index in [9.17, 15) is 10.1 Å². The van der Waals surface area contributed by atoms with Gasteiger partial charge in [0.25, 0.3) is 0 Å². The van der Waals surface area contributed by atoms with Crippen LogP contribution in [0.25, 0.3) is 6.08 Å². The van der Waals surface area contributed by atoms with E-state index in [1.54, 1.807) is 32.2 Å². The van der Waals surface area contributed by atoms with Gasteiger partial charge in [-0.25, -0.2) is 0 Å². The first-order valence-electron chi connectivity index (χ1n) is 6.01. The Morgan fingerprint density at radius 2 is 2.10 bits per heavy atom. The van der Waals surface area contributed by atoms with Gasteiger partial charge in [0, 0.05) is 5.56 Å². The van der Waals surface area contributed by atoms with Gasteiger partial charge < -0.3 is 9.15 Å². The molecular weight excluding hydrogens is 254 g/mol. The summed E-state index contributed by atoms with van der Waals surface area (Å²) in [5.41, 5.74) is 1.12. The number of hydrogen-bond donors (Lipinski definition) is 0. The molecule has 0 aliphatic carbocycles. The second-order valence-electron chi connectivity index (χ2n) is 4.13. The molecule has 1 heterocycles. The van der Waals surface area contributed by atoms with Crippen molar-refractivity contribution in [3.8, 4) is 11.8 Å². The number of aryl methyl sites for hydroxylation is 1. The number of methoxy groups -OCH3 is 1. The molecule has 0 N–H and O–H groups in total. The number of nitrogens with zero attached hydrogens (tertiary/aromatic N) is 1. The van der Waals surface area contributed by atoms with Crippen molar-refractivity contribution in [2.24, 2.45) is 0 Å². The van der Waals surface area contributed by atoms with Gasteiger partial charge in [-0.3, -0.25) is 4.79 Å². The van der Waals surface area contributed by atoms with E-state index < -0.39 is 0 Å². The molecule has 0 saturated heterocycles. The van der Waals surface area contributed by atoms with Crippen LogP contribution in [0.1, 0.15) is 21.7 Å². The second-order valence-corrected chi connectivity index (χ2v) is 4.13. The predicted octanol–water partition coefficient (Wildman–Crippen LogP) is 3.39. The average Bonchev–Trinajstić information content (AvgIpc) is 2.90. The molecule has 0 radical (unpaired) electrons. The highest BCUT2D eigenvalue weighted by molar-refractivity contribution is 6.14. The SMILES string of the molecule is COc1ccccc1/C=C(\C#N)C(=O)c1ccoc1C. The second kappa shape index (κ2) is 5.89. The number of furan rings is 1. The smallest absolute Gasteiger partial charge is 0.207 e. The van der Waals surface area contributed by atoms with Gasteiger partial charge in [-0.1, -0.05) is 18.2 Å². The molecule has 4 nitrogen and oxygen atoms in total. The minimum Gasteiger partial charge on any atom is -0.496 e. The van der Waals surface area contributed by atoms with E-state index in [-0.39, 0.29) is 11.4 Å². The molecule has 0 spiro atoms. The molecule has 0 fully saturated rings. The maximum Gasteiger partial charge on any atom is 0.207 e. The zero-order chi connectivity index (χ0) is 14.5. The third-order valence-corrected chi connectivity index (χ3v) is 2.91. The molecule has 0 amide bonds. The number of carbonyl (C=O) groups is 1. The Morgan fingerprint density at radius 3 is 2.70 bits per heavy atom. The Balaban J connectivity index is 2.43. The molecule has 1 aromatic carbocycles. The van der Waals surface area contributed by atoms with E-state index in [1.807, 2.05) is 18.2 Å². The van der Waals surface area contributed by atoms with E-state index in [0.717, 1.165) is 0 Å². The minimum absolute atomic E-state index is 0.0407. The van der Waals surface area contributed by atoms with E-state index in [4.69, 9.17) is 9.15 Å². The summed E-state index contributed by atoms with van der Waals surface area (Å²) >= 11 is 0. The quantitative estimate of drug-likeness (QED) is 0.484. The molecule has 0 aliphatic heterocycles. The van der Waals surface area contributed by atoms with Crippen molar-refractivity contribution in [2.75, 3.05) is 7.11 Å². The summed E-state index contributed by atoms with van der Waals surface area (Å²) in [5.74, 6) is 0.748.